The van der Waals surface area contributed by atoms with Gasteiger partial charge in [0.1, 0.15) is 0 Å². The fourth-order valence-corrected chi connectivity index (χ4v) is 4.42. The Morgan fingerprint density at radius 2 is 1.97 bits per heavy atom. The molecule has 34 heavy (non-hydrogen) atoms. The number of carbonyl (C=O) groups excluding carboxylic acids is 3. The Hall–Kier alpha value is -3.85. The summed E-state index contributed by atoms with van der Waals surface area (Å²) in [7, 11) is 1.54. The molecular weight excluding hydrogens is 454 g/mol. The van der Waals surface area contributed by atoms with Gasteiger partial charge in [-0.25, -0.2) is 0 Å². The highest BCUT2D eigenvalue weighted by Gasteiger charge is 2.34. The number of methoxy groups -OCH3 is 1. The maximum atomic E-state index is 12.8. The molecule has 0 radical (unpaired) electrons. The van der Waals surface area contributed by atoms with Crippen molar-refractivity contribution in [2.24, 2.45) is 0 Å². The normalized spacial score (nSPS) is 14.6. The first kappa shape index (κ1) is 23.3. The van der Waals surface area contributed by atoms with Crippen LogP contribution in [0.1, 0.15) is 22.8 Å². The van der Waals surface area contributed by atoms with E-state index in [0.717, 1.165) is 22.0 Å². The van der Waals surface area contributed by atoms with Gasteiger partial charge in [0.25, 0.3) is 17.1 Å². The molecule has 0 saturated carbocycles. The predicted octanol–water partition coefficient (Wildman–Crippen LogP) is 4.11. The molecule has 3 aromatic rings. The van der Waals surface area contributed by atoms with Crippen LogP contribution >= 0.6 is 11.8 Å². The van der Waals surface area contributed by atoms with Crippen LogP contribution in [0.15, 0.2) is 59.6 Å². The summed E-state index contributed by atoms with van der Waals surface area (Å²) in [5.74, 6) is 0.435. The number of aromatic nitrogens is 1. The van der Waals surface area contributed by atoms with Gasteiger partial charge in [0, 0.05) is 24.7 Å². The number of amides is 3. The third kappa shape index (κ3) is 4.89. The third-order valence-electron chi connectivity index (χ3n) is 5.16. The van der Waals surface area contributed by atoms with E-state index in [2.05, 4.69) is 10.3 Å². The average Bonchev–Trinajstić information content (AvgIpc) is 3.11. The topological polar surface area (TPSA) is 97.8 Å². The van der Waals surface area contributed by atoms with Crippen molar-refractivity contribution in [1.29, 1.82) is 0 Å². The van der Waals surface area contributed by atoms with E-state index in [1.54, 1.807) is 48.7 Å². The maximum Gasteiger partial charge on any atom is 0.293 e. The number of nitrogens with zero attached hydrogens (tertiary/aromatic N) is 2. The Kier molecular flexibility index (Phi) is 7.12. The van der Waals surface area contributed by atoms with Gasteiger partial charge in [0.15, 0.2) is 11.5 Å². The number of rotatable bonds is 8. The third-order valence-corrected chi connectivity index (χ3v) is 6.06. The number of benzene rings is 2. The number of fused-ring (bicyclic) bond motifs is 1. The number of ether oxygens (including phenoxy) is 2. The molecule has 2 heterocycles. The summed E-state index contributed by atoms with van der Waals surface area (Å²) in [6.07, 6.45) is 3.27. The molecule has 0 aliphatic carbocycles. The first-order valence-corrected chi connectivity index (χ1v) is 11.5. The largest absolute Gasteiger partial charge is 0.493 e. The number of hydrogen-bond donors (Lipinski definition) is 1. The molecule has 1 N–H and O–H groups in total. The molecule has 0 bridgehead atoms. The highest BCUT2D eigenvalue weighted by Crippen LogP contribution is 2.34. The number of nitrogens with one attached hydrogen (secondary N) is 1. The average molecular weight is 478 g/mol. The lowest BCUT2D eigenvalue weighted by molar-refractivity contribution is -0.122. The van der Waals surface area contributed by atoms with Crippen LogP contribution in [0, 0.1) is 0 Å². The van der Waals surface area contributed by atoms with Crippen LogP contribution in [0.3, 0.4) is 0 Å². The van der Waals surface area contributed by atoms with E-state index < -0.39 is 5.91 Å². The Morgan fingerprint density at radius 1 is 1.15 bits per heavy atom. The molecule has 9 heteroatoms. The second-order valence-corrected chi connectivity index (χ2v) is 8.31. The van der Waals surface area contributed by atoms with Crippen molar-refractivity contribution >= 4 is 45.8 Å². The molecule has 174 valence electrons. The minimum Gasteiger partial charge on any atom is -0.493 e. The van der Waals surface area contributed by atoms with E-state index in [1.807, 2.05) is 19.1 Å². The Morgan fingerprint density at radius 3 is 2.76 bits per heavy atom. The SMILES string of the molecule is CCOc1ccc(/C=C2\SC(=O)N(CCNC(=O)c3cccc4cccnc34)C2=O)cc1OC. The quantitative estimate of drug-likeness (QED) is 0.488. The number of carbonyl (C=O) groups is 3. The number of para-hydroxylation sites is 1. The fraction of sp³-hybridized carbons (Fsp3) is 0.200. The molecule has 2 aromatic carbocycles. The summed E-state index contributed by atoms with van der Waals surface area (Å²) in [4.78, 5) is 43.6. The van der Waals surface area contributed by atoms with Crippen molar-refractivity contribution in [3.8, 4) is 11.5 Å². The van der Waals surface area contributed by atoms with Crippen LogP contribution in [-0.4, -0.2) is 53.7 Å². The summed E-state index contributed by atoms with van der Waals surface area (Å²) < 4.78 is 10.9. The summed E-state index contributed by atoms with van der Waals surface area (Å²) in [5, 5.41) is 3.25. The molecule has 0 atom stereocenters. The molecule has 1 aliphatic heterocycles. The summed E-state index contributed by atoms with van der Waals surface area (Å²) in [5.41, 5.74) is 1.75. The Balaban J connectivity index is 1.41. The zero-order valence-electron chi connectivity index (χ0n) is 18.7. The van der Waals surface area contributed by atoms with E-state index in [1.165, 1.54) is 7.11 Å². The summed E-state index contributed by atoms with van der Waals surface area (Å²) in [6, 6.07) is 14.3. The maximum absolute atomic E-state index is 12.8. The zero-order chi connectivity index (χ0) is 24.1. The lowest BCUT2D eigenvalue weighted by Crippen LogP contribution is -2.37. The van der Waals surface area contributed by atoms with Crippen molar-refractivity contribution in [3.05, 3.63) is 70.8 Å². The van der Waals surface area contributed by atoms with Gasteiger partial charge in [-0.1, -0.05) is 24.3 Å². The molecule has 1 saturated heterocycles. The Labute approximate surface area is 200 Å². The lowest BCUT2D eigenvalue weighted by atomic mass is 10.1. The van der Waals surface area contributed by atoms with Gasteiger partial charge in [-0.3, -0.25) is 24.3 Å². The predicted molar refractivity (Wildman–Crippen MR) is 131 cm³/mol. The van der Waals surface area contributed by atoms with Gasteiger partial charge in [-0.05, 0) is 54.6 Å². The smallest absolute Gasteiger partial charge is 0.293 e. The van der Waals surface area contributed by atoms with Crippen LogP contribution in [0.4, 0.5) is 4.79 Å². The second kappa shape index (κ2) is 10.4. The van der Waals surface area contributed by atoms with Crippen LogP contribution in [-0.2, 0) is 4.79 Å². The lowest BCUT2D eigenvalue weighted by Gasteiger charge is -2.13. The van der Waals surface area contributed by atoms with Crippen LogP contribution < -0.4 is 14.8 Å². The number of imide groups is 1. The molecule has 0 unspecified atom stereocenters. The van der Waals surface area contributed by atoms with Gasteiger partial charge >= 0.3 is 0 Å². The van der Waals surface area contributed by atoms with Crippen molar-refractivity contribution in [1.82, 2.24) is 15.2 Å². The highest BCUT2D eigenvalue weighted by atomic mass is 32.2. The standard InChI is InChI=1S/C25H23N3O5S/c1-3-33-19-10-9-16(14-20(19)32-2)15-21-24(30)28(25(31)34-21)13-12-27-23(29)18-8-4-6-17-7-5-11-26-22(17)18/h4-11,14-15H,3,12-13H2,1-2H3,(H,27,29)/b21-15-. The van der Waals surface area contributed by atoms with Gasteiger partial charge in [0.2, 0.25) is 0 Å². The molecule has 1 aromatic heterocycles. The molecule has 1 fully saturated rings. The molecule has 8 nitrogen and oxygen atoms in total. The first-order valence-electron chi connectivity index (χ1n) is 10.7. The van der Waals surface area contributed by atoms with Crippen molar-refractivity contribution in [2.75, 3.05) is 26.8 Å². The molecular formula is C25H23N3O5S. The van der Waals surface area contributed by atoms with Gasteiger partial charge in [-0.2, -0.15) is 0 Å². The van der Waals surface area contributed by atoms with Crippen molar-refractivity contribution in [2.45, 2.75) is 6.92 Å². The van der Waals surface area contributed by atoms with Gasteiger partial charge in [-0.15, -0.1) is 0 Å². The highest BCUT2D eigenvalue weighted by molar-refractivity contribution is 8.18. The van der Waals surface area contributed by atoms with Gasteiger partial charge in [0.05, 0.1) is 29.7 Å². The van der Waals surface area contributed by atoms with E-state index in [0.29, 0.717) is 39.7 Å². The molecule has 1 aliphatic rings. The van der Waals surface area contributed by atoms with E-state index in [-0.39, 0.29) is 24.2 Å². The number of hydrogen-bond acceptors (Lipinski definition) is 7. The van der Waals surface area contributed by atoms with Crippen LogP contribution in [0.25, 0.3) is 17.0 Å². The van der Waals surface area contributed by atoms with E-state index >= 15 is 0 Å². The molecule has 3 amide bonds. The zero-order valence-corrected chi connectivity index (χ0v) is 19.6. The fourth-order valence-electron chi connectivity index (χ4n) is 3.56. The minimum atomic E-state index is -0.399. The second-order valence-electron chi connectivity index (χ2n) is 7.31. The molecule has 4 rings (SSSR count). The summed E-state index contributed by atoms with van der Waals surface area (Å²) >= 11 is 0.865. The molecule has 0 spiro atoms. The van der Waals surface area contributed by atoms with Crippen molar-refractivity contribution in [3.63, 3.8) is 0 Å². The van der Waals surface area contributed by atoms with Gasteiger partial charge < -0.3 is 14.8 Å². The number of thioether (sulfide) groups is 1. The van der Waals surface area contributed by atoms with E-state index in [4.69, 9.17) is 9.47 Å². The monoisotopic (exact) mass is 477 g/mol. The summed E-state index contributed by atoms with van der Waals surface area (Å²) in [6.45, 7) is 2.58. The van der Waals surface area contributed by atoms with Crippen LogP contribution in [0.2, 0.25) is 0 Å². The number of pyridine rings is 1. The minimum absolute atomic E-state index is 0.0680. The van der Waals surface area contributed by atoms with E-state index in [9.17, 15) is 14.4 Å². The Bertz CT molecular complexity index is 1290. The van der Waals surface area contributed by atoms with Crippen molar-refractivity contribution < 1.29 is 23.9 Å². The van der Waals surface area contributed by atoms with Crippen LogP contribution in [0.5, 0.6) is 11.5 Å². The first-order chi connectivity index (χ1) is 16.5.